The SMILES string of the molecule is CCN(C(C)c1ccc(C)o1)C1CCCC1CN. The Hall–Kier alpha value is -0.800. The average Bonchev–Trinajstić information content (AvgIpc) is 2.98. The molecule has 3 nitrogen and oxygen atoms in total. The van der Waals surface area contributed by atoms with E-state index in [1.54, 1.807) is 0 Å². The van der Waals surface area contributed by atoms with E-state index in [-0.39, 0.29) is 0 Å². The van der Waals surface area contributed by atoms with Gasteiger partial charge in [0.25, 0.3) is 0 Å². The third-order valence-electron chi connectivity index (χ3n) is 4.38. The Morgan fingerprint density at radius 2 is 2.22 bits per heavy atom. The van der Waals surface area contributed by atoms with Crippen molar-refractivity contribution in [3.05, 3.63) is 23.7 Å². The van der Waals surface area contributed by atoms with Crippen LogP contribution in [0.2, 0.25) is 0 Å². The van der Waals surface area contributed by atoms with Crippen molar-refractivity contribution in [3.8, 4) is 0 Å². The highest BCUT2D eigenvalue weighted by Gasteiger charge is 2.33. The summed E-state index contributed by atoms with van der Waals surface area (Å²) < 4.78 is 5.78. The molecule has 0 radical (unpaired) electrons. The second kappa shape index (κ2) is 5.89. The summed E-state index contributed by atoms with van der Waals surface area (Å²) in [6.07, 6.45) is 3.87. The first-order valence-electron chi connectivity index (χ1n) is 7.19. The first kappa shape index (κ1) is 13.6. The Morgan fingerprint density at radius 3 is 2.78 bits per heavy atom. The number of rotatable bonds is 5. The first-order chi connectivity index (χ1) is 8.67. The van der Waals surface area contributed by atoms with Gasteiger partial charge in [0.2, 0.25) is 0 Å². The summed E-state index contributed by atoms with van der Waals surface area (Å²) in [6, 6.07) is 5.13. The zero-order chi connectivity index (χ0) is 13.1. The van der Waals surface area contributed by atoms with E-state index in [0.717, 1.165) is 24.6 Å². The fourth-order valence-electron chi connectivity index (χ4n) is 3.37. The van der Waals surface area contributed by atoms with Crippen LogP contribution in [0.5, 0.6) is 0 Å². The fraction of sp³-hybridized carbons (Fsp3) is 0.733. The van der Waals surface area contributed by atoms with E-state index >= 15 is 0 Å². The summed E-state index contributed by atoms with van der Waals surface area (Å²) in [5.74, 6) is 2.73. The highest BCUT2D eigenvalue weighted by Crippen LogP contribution is 2.34. The summed E-state index contributed by atoms with van der Waals surface area (Å²) in [6.45, 7) is 8.35. The molecular weight excluding hydrogens is 224 g/mol. The van der Waals surface area contributed by atoms with Crippen LogP contribution in [0.15, 0.2) is 16.5 Å². The molecular formula is C15H26N2O. The number of aryl methyl sites for hydroxylation is 1. The standard InChI is InChI=1S/C15H26N2O/c1-4-17(14-7-5-6-13(14)10-16)12(3)15-9-8-11(2)18-15/h8-9,12-14H,4-7,10,16H2,1-3H3. The molecule has 0 bridgehead atoms. The van der Waals surface area contributed by atoms with Crippen LogP contribution in [0, 0.1) is 12.8 Å². The van der Waals surface area contributed by atoms with Gasteiger partial charge in [-0.2, -0.15) is 0 Å². The van der Waals surface area contributed by atoms with E-state index in [2.05, 4.69) is 30.9 Å². The molecule has 2 N–H and O–H groups in total. The molecule has 18 heavy (non-hydrogen) atoms. The van der Waals surface area contributed by atoms with E-state index in [1.807, 2.05) is 6.92 Å². The molecule has 0 aromatic carbocycles. The summed E-state index contributed by atoms with van der Waals surface area (Å²) in [5.41, 5.74) is 5.91. The molecule has 3 atom stereocenters. The largest absolute Gasteiger partial charge is 0.465 e. The maximum atomic E-state index is 5.91. The van der Waals surface area contributed by atoms with Crippen molar-refractivity contribution >= 4 is 0 Å². The van der Waals surface area contributed by atoms with Gasteiger partial charge >= 0.3 is 0 Å². The Labute approximate surface area is 110 Å². The maximum Gasteiger partial charge on any atom is 0.121 e. The molecule has 1 saturated carbocycles. The van der Waals surface area contributed by atoms with Crippen LogP contribution >= 0.6 is 0 Å². The normalized spacial score (nSPS) is 25.8. The third-order valence-corrected chi connectivity index (χ3v) is 4.38. The van der Waals surface area contributed by atoms with Gasteiger partial charge in [-0.3, -0.25) is 4.90 Å². The molecule has 3 heteroatoms. The molecule has 1 heterocycles. The number of hydrogen-bond donors (Lipinski definition) is 1. The zero-order valence-electron chi connectivity index (χ0n) is 11.9. The summed E-state index contributed by atoms with van der Waals surface area (Å²) in [4.78, 5) is 2.56. The van der Waals surface area contributed by atoms with Gasteiger partial charge in [0.05, 0.1) is 6.04 Å². The fourth-order valence-corrected chi connectivity index (χ4v) is 3.37. The smallest absolute Gasteiger partial charge is 0.121 e. The van der Waals surface area contributed by atoms with Crippen LogP contribution in [0.4, 0.5) is 0 Å². The Balaban J connectivity index is 2.12. The van der Waals surface area contributed by atoms with Gasteiger partial charge in [0.15, 0.2) is 0 Å². The minimum atomic E-state index is 0.348. The van der Waals surface area contributed by atoms with E-state index in [4.69, 9.17) is 10.2 Å². The Kier molecular flexibility index (Phi) is 4.46. The molecule has 1 fully saturated rings. The molecule has 1 aliphatic carbocycles. The third kappa shape index (κ3) is 2.62. The Morgan fingerprint density at radius 1 is 1.44 bits per heavy atom. The van der Waals surface area contributed by atoms with Crippen LogP contribution in [-0.2, 0) is 0 Å². The van der Waals surface area contributed by atoms with Crippen molar-refractivity contribution in [2.75, 3.05) is 13.1 Å². The number of nitrogens with two attached hydrogens (primary N) is 1. The minimum absolute atomic E-state index is 0.348. The van der Waals surface area contributed by atoms with Crippen molar-refractivity contribution in [3.63, 3.8) is 0 Å². The van der Waals surface area contributed by atoms with Crippen LogP contribution < -0.4 is 5.73 Å². The monoisotopic (exact) mass is 250 g/mol. The van der Waals surface area contributed by atoms with Crippen molar-refractivity contribution in [2.24, 2.45) is 11.7 Å². The summed E-state index contributed by atoms with van der Waals surface area (Å²) in [5, 5.41) is 0. The molecule has 102 valence electrons. The summed E-state index contributed by atoms with van der Waals surface area (Å²) >= 11 is 0. The lowest BCUT2D eigenvalue weighted by atomic mass is 10.00. The molecule has 0 spiro atoms. The van der Waals surface area contributed by atoms with Crippen molar-refractivity contribution in [1.29, 1.82) is 0 Å². The van der Waals surface area contributed by atoms with Gasteiger partial charge < -0.3 is 10.2 Å². The molecule has 0 saturated heterocycles. The predicted molar refractivity (Wildman–Crippen MR) is 74.4 cm³/mol. The quantitative estimate of drug-likeness (QED) is 0.873. The lowest BCUT2D eigenvalue weighted by molar-refractivity contribution is 0.109. The van der Waals surface area contributed by atoms with Crippen molar-refractivity contribution < 1.29 is 4.42 Å². The lowest BCUT2D eigenvalue weighted by Gasteiger charge is -2.35. The lowest BCUT2D eigenvalue weighted by Crippen LogP contribution is -2.41. The van der Waals surface area contributed by atoms with E-state index < -0.39 is 0 Å². The van der Waals surface area contributed by atoms with Gasteiger partial charge in [-0.15, -0.1) is 0 Å². The number of nitrogens with zero attached hydrogens (tertiary/aromatic N) is 1. The first-order valence-corrected chi connectivity index (χ1v) is 7.19. The predicted octanol–water partition coefficient (Wildman–Crippen LogP) is 3.10. The van der Waals surface area contributed by atoms with E-state index in [0.29, 0.717) is 18.0 Å². The summed E-state index contributed by atoms with van der Waals surface area (Å²) in [7, 11) is 0. The number of hydrogen-bond acceptors (Lipinski definition) is 3. The van der Waals surface area contributed by atoms with Gasteiger partial charge in [0, 0.05) is 6.04 Å². The van der Waals surface area contributed by atoms with Crippen LogP contribution in [0.3, 0.4) is 0 Å². The van der Waals surface area contributed by atoms with Gasteiger partial charge in [-0.25, -0.2) is 0 Å². The number of furan rings is 1. The molecule has 0 aliphatic heterocycles. The van der Waals surface area contributed by atoms with Gasteiger partial charge in [0.1, 0.15) is 11.5 Å². The molecule has 3 unspecified atom stereocenters. The van der Waals surface area contributed by atoms with Crippen molar-refractivity contribution in [1.82, 2.24) is 4.90 Å². The van der Waals surface area contributed by atoms with E-state index in [1.165, 1.54) is 19.3 Å². The second-order valence-electron chi connectivity index (χ2n) is 5.45. The topological polar surface area (TPSA) is 42.4 Å². The Bertz CT molecular complexity index is 374. The van der Waals surface area contributed by atoms with Crippen molar-refractivity contribution in [2.45, 2.75) is 52.1 Å². The second-order valence-corrected chi connectivity index (χ2v) is 5.45. The van der Waals surface area contributed by atoms with Gasteiger partial charge in [-0.1, -0.05) is 13.3 Å². The highest BCUT2D eigenvalue weighted by atomic mass is 16.3. The van der Waals surface area contributed by atoms with Crippen LogP contribution in [-0.4, -0.2) is 24.0 Å². The zero-order valence-corrected chi connectivity index (χ0v) is 11.9. The van der Waals surface area contributed by atoms with Crippen LogP contribution in [0.1, 0.15) is 50.7 Å². The molecule has 0 amide bonds. The molecule has 1 aliphatic rings. The molecule has 1 aromatic rings. The highest BCUT2D eigenvalue weighted by molar-refractivity contribution is 5.10. The van der Waals surface area contributed by atoms with E-state index in [9.17, 15) is 0 Å². The average molecular weight is 250 g/mol. The van der Waals surface area contributed by atoms with Crippen LogP contribution in [0.25, 0.3) is 0 Å². The van der Waals surface area contributed by atoms with Gasteiger partial charge in [-0.05, 0) is 57.8 Å². The molecule has 1 aromatic heterocycles. The minimum Gasteiger partial charge on any atom is -0.465 e. The molecule has 2 rings (SSSR count). The maximum absolute atomic E-state index is 5.91.